The van der Waals surface area contributed by atoms with Gasteiger partial charge in [-0.15, -0.1) is 0 Å². The summed E-state index contributed by atoms with van der Waals surface area (Å²) in [5, 5.41) is 11.1. The van der Waals surface area contributed by atoms with E-state index in [1.165, 1.54) is 5.56 Å². The Morgan fingerprint density at radius 1 is 1.33 bits per heavy atom. The quantitative estimate of drug-likeness (QED) is 0.880. The van der Waals surface area contributed by atoms with Crippen molar-refractivity contribution < 1.29 is 5.11 Å². The smallest absolute Gasteiger partial charge is 0.134 e. The van der Waals surface area contributed by atoms with Gasteiger partial charge < -0.3 is 10.0 Å². The van der Waals surface area contributed by atoms with Crippen LogP contribution in [0.4, 0.5) is 0 Å². The summed E-state index contributed by atoms with van der Waals surface area (Å²) < 4.78 is 0. The molecule has 2 aromatic rings. The number of fused-ring (bicyclic) bond motifs is 1. The molecule has 1 aromatic heterocycles. The minimum Gasteiger partial charge on any atom is -0.393 e. The highest BCUT2D eigenvalue weighted by molar-refractivity contribution is 6.30. The van der Waals surface area contributed by atoms with Crippen LogP contribution in [0.15, 0.2) is 24.3 Å². The molecule has 0 saturated heterocycles. The molecule has 1 aliphatic rings. The van der Waals surface area contributed by atoms with Gasteiger partial charge in [0.25, 0.3) is 0 Å². The van der Waals surface area contributed by atoms with E-state index in [0.29, 0.717) is 11.1 Å². The standard InChI is InChI=1S/C17H21ClN2O/c1-11-3-4-13-8-14(17(18)19-16(13)5-11)10-20(2)9-12-6-15(21)7-12/h3-5,8,12,15,21H,6-7,9-10H2,1-2H3. The van der Waals surface area contributed by atoms with E-state index < -0.39 is 0 Å². The molecule has 0 amide bonds. The summed E-state index contributed by atoms with van der Waals surface area (Å²) in [6.07, 6.45) is 1.76. The number of nitrogens with zero attached hydrogens (tertiary/aromatic N) is 2. The lowest BCUT2D eigenvalue weighted by molar-refractivity contribution is 0.0274. The molecule has 1 aromatic carbocycles. The molecule has 0 unspecified atom stereocenters. The predicted octanol–water partition coefficient (Wildman–Crippen LogP) is 3.40. The van der Waals surface area contributed by atoms with E-state index in [-0.39, 0.29) is 6.10 Å². The molecule has 1 saturated carbocycles. The van der Waals surface area contributed by atoms with E-state index >= 15 is 0 Å². The summed E-state index contributed by atoms with van der Waals surface area (Å²) >= 11 is 6.33. The van der Waals surface area contributed by atoms with Crippen molar-refractivity contribution in [3.63, 3.8) is 0 Å². The van der Waals surface area contributed by atoms with Crippen molar-refractivity contribution in [2.45, 2.75) is 32.4 Å². The first-order valence-electron chi connectivity index (χ1n) is 7.43. The Labute approximate surface area is 130 Å². The number of halogens is 1. The van der Waals surface area contributed by atoms with Gasteiger partial charge in [-0.25, -0.2) is 4.98 Å². The van der Waals surface area contributed by atoms with Crippen LogP contribution in [0, 0.1) is 12.8 Å². The van der Waals surface area contributed by atoms with Gasteiger partial charge in [0.05, 0.1) is 11.6 Å². The summed E-state index contributed by atoms with van der Waals surface area (Å²) in [5.41, 5.74) is 3.21. The van der Waals surface area contributed by atoms with Crippen LogP contribution in [-0.4, -0.2) is 34.7 Å². The minimum atomic E-state index is -0.0856. The minimum absolute atomic E-state index is 0.0856. The fourth-order valence-corrected chi connectivity index (χ4v) is 3.26. The maximum absolute atomic E-state index is 9.36. The lowest BCUT2D eigenvalue weighted by Gasteiger charge is -2.34. The predicted molar refractivity (Wildman–Crippen MR) is 86.6 cm³/mol. The molecule has 3 rings (SSSR count). The maximum atomic E-state index is 9.36. The van der Waals surface area contributed by atoms with Gasteiger partial charge in [-0.1, -0.05) is 23.7 Å². The topological polar surface area (TPSA) is 36.4 Å². The van der Waals surface area contributed by atoms with Crippen molar-refractivity contribution in [2.75, 3.05) is 13.6 Å². The molecule has 0 radical (unpaired) electrons. The van der Waals surface area contributed by atoms with E-state index in [1.807, 2.05) is 0 Å². The highest BCUT2D eigenvalue weighted by Gasteiger charge is 2.27. The molecule has 1 fully saturated rings. The fraction of sp³-hybridized carbons (Fsp3) is 0.471. The van der Waals surface area contributed by atoms with Crippen LogP contribution in [-0.2, 0) is 6.54 Å². The van der Waals surface area contributed by atoms with E-state index in [2.05, 4.69) is 48.1 Å². The van der Waals surface area contributed by atoms with E-state index in [0.717, 1.165) is 42.4 Å². The van der Waals surface area contributed by atoms with Crippen LogP contribution in [0.2, 0.25) is 5.15 Å². The molecular weight excluding hydrogens is 284 g/mol. The van der Waals surface area contributed by atoms with E-state index in [1.54, 1.807) is 0 Å². The second-order valence-electron chi connectivity index (χ2n) is 6.32. The lowest BCUT2D eigenvalue weighted by Crippen LogP contribution is -2.36. The Morgan fingerprint density at radius 3 is 2.81 bits per heavy atom. The van der Waals surface area contributed by atoms with Crippen LogP contribution in [0.25, 0.3) is 10.9 Å². The van der Waals surface area contributed by atoms with E-state index in [9.17, 15) is 5.11 Å². The van der Waals surface area contributed by atoms with Crippen molar-refractivity contribution in [1.82, 2.24) is 9.88 Å². The third-order valence-electron chi connectivity index (χ3n) is 4.22. The molecular formula is C17H21ClN2O. The average Bonchev–Trinajstić information content (AvgIpc) is 2.38. The van der Waals surface area contributed by atoms with Crippen LogP contribution in [0.1, 0.15) is 24.0 Å². The number of aliphatic hydroxyl groups excluding tert-OH is 1. The summed E-state index contributed by atoms with van der Waals surface area (Å²) in [4.78, 5) is 6.78. The van der Waals surface area contributed by atoms with Crippen LogP contribution >= 0.6 is 11.6 Å². The highest BCUT2D eigenvalue weighted by Crippen LogP contribution is 2.28. The number of hydrogen-bond donors (Lipinski definition) is 1. The van der Waals surface area contributed by atoms with Gasteiger partial charge in [-0.05, 0) is 50.4 Å². The number of pyridine rings is 1. The molecule has 0 bridgehead atoms. The van der Waals surface area contributed by atoms with Crippen molar-refractivity contribution in [1.29, 1.82) is 0 Å². The molecule has 0 atom stereocenters. The van der Waals surface area contributed by atoms with Gasteiger partial charge in [0.1, 0.15) is 5.15 Å². The molecule has 1 aliphatic carbocycles. The third-order valence-corrected chi connectivity index (χ3v) is 4.55. The van der Waals surface area contributed by atoms with Crippen molar-refractivity contribution >= 4 is 22.5 Å². The van der Waals surface area contributed by atoms with Crippen LogP contribution in [0.5, 0.6) is 0 Å². The number of rotatable bonds is 4. The van der Waals surface area contributed by atoms with E-state index in [4.69, 9.17) is 11.6 Å². The maximum Gasteiger partial charge on any atom is 0.134 e. The summed E-state index contributed by atoms with van der Waals surface area (Å²) in [7, 11) is 2.10. The Morgan fingerprint density at radius 2 is 2.10 bits per heavy atom. The summed E-state index contributed by atoms with van der Waals surface area (Å²) in [6.45, 7) is 3.85. The molecule has 1 N–H and O–H groups in total. The first-order chi connectivity index (χ1) is 10.0. The number of benzene rings is 1. The SMILES string of the molecule is Cc1ccc2cc(CN(C)CC3CC(O)C3)c(Cl)nc2c1. The third kappa shape index (κ3) is 3.37. The number of aryl methyl sites for hydroxylation is 1. The normalized spacial score (nSPS) is 21.8. The first-order valence-corrected chi connectivity index (χ1v) is 7.81. The second kappa shape index (κ2) is 5.91. The van der Waals surface area contributed by atoms with Crippen LogP contribution in [0.3, 0.4) is 0 Å². The number of hydrogen-bond acceptors (Lipinski definition) is 3. The molecule has 1 heterocycles. The van der Waals surface area contributed by atoms with Crippen LogP contribution < -0.4 is 0 Å². The molecule has 112 valence electrons. The summed E-state index contributed by atoms with van der Waals surface area (Å²) in [6, 6.07) is 8.39. The molecule has 3 nitrogen and oxygen atoms in total. The molecule has 0 aliphatic heterocycles. The van der Waals surface area contributed by atoms with Crippen molar-refractivity contribution in [3.05, 3.63) is 40.5 Å². The first kappa shape index (κ1) is 14.8. The zero-order valence-corrected chi connectivity index (χ0v) is 13.3. The fourth-order valence-electron chi connectivity index (χ4n) is 3.05. The van der Waals surface area contributed by atoms with Crippen molar-refractivity contribution in [3.8, 4) is 0 Å². The molecule has 4 heteroatoms. The Balaban J connectivity index is 1.73. The van der Waals surface area contributed by atoms with Gasteiger partial charge in [-0.3, -0.25) is 0 Å². The lowest BCUT2D eigenvalue weighted by atomic mass is 9.82. The van der Waals surface area contributed by atoms with Gasteiger partial charge in [0, 0.05) is 24.0 Å². The Kier molecular flexibility index (Phi) is 4.16. The molecule has 0 spiro atoms. The zero-order valence-electron chi connectivity index (χ0n) is 12.5. The molecule has 21 heavy (non-hydrogen) atoms. The Hall–Kier alpha value is -1.16. The number of aliphatic hydroxyl groups is 1. The van der Waals surface area contributed by atoms with Gasteiger partial charge in [0.15, 0.2) is 0 Å². The van der Waals surface area contributed by atoms with Gasteiger partial charge in [-0.2, -0.15) is 0 Å². The summed E-state index contributed by atoms with van der Waals surface area (Å²) in [5.74, 6) is 0.611. The monoisotopic (exact) mass is 304 g/mol. The number of aromatic nitrogens is 1. The zero-order chi connectivity index (χ0) is 15.0. The highest BCUT2D eigenvalue weighted by atomic mass is 35.5. The van der Waals surface area contributed by atoms with Crippen molar-refractivity contribution in [2.24, 2.45) is 5.92 Å². The largest absolute Gasteiger partial charge is 0.393 e. The average molecular weight is 305 g/mol. The van der Waals surface area contributed by atoms with Gasteiger partial charge in [0.2, 0.25) is 0 Å². The second-order valence-corrected chi connectivity index (χ2v) is 6.68. The Bertz CT molecular complexity index is 653. The van der Waals surface area contributed by atoms with Gasteiger partial charge >= 0.3 is 0 Å².